The lowest BCUT2D eigenvalue weighted by atomic mass is 10.2. The average molecular weight is 329 g/mol. The van der Waals surface area contributed by atoms with Gasteiger partial charge in [-0.2, -0.15) is 5.26 Å². The molecule has 0 aliphatic rings. The summed E-state index contributed by atoms with van der Waals surface area (Å²) in [4.78, 5) is 15.3. The zero-order valence-corrected chi connectivity index (χ0v) is 13.6. The zero-order valence-electron chi connectivity index (χ0n) is 12.8. The molecule has 0 aliphatic heterocycles. The van der Waals surface area contributed by atoms with E-state index in [1.165, 1.54) is 0 Å². The summed E-state index contributed by atoms with van der Waals surface area (Å²) in [5, 5.41) is 14.0. The van der Waals surface area contributed by atoms with Crippen LogP contribution >= 0.6 is 11.6 Å². The van der Waals surface area contributed by atoms with Crippen molar-refractivity contribution >= 4 is 23.5 Å². The first kappa shape index (κ1) is 18.0. The Morgan fingerprint density at radius 2 is 2.23 bits per heavy atom. The van der Waals surface area contributed by atoms with E-state index >= 15 is 0 Å². The second kappa shape index (κ2) is 7.27. The fraction of sp³-hybridized carbons (Fsp3) is 0.500. The molecule has 0 fully saturated rings. The molecule has 6 nitrogen and oxygen atoms in total. The lowest BCUT2D eigenvalue weighted by molar-refractivity contribution is 0.0526. The first-order chi connectivity index (χ1) is 10.1. The van der Waals surface area contributed by atoms with Gasteiger partial charge in [0.15, 0.2) is 11.6 Å². The van der Waals surface area contributed by atoms with Crippen molar-refractivity contribution in [2.75, 3.05) is 11.9 Å². The fourth-order valence-corrected chi connectivity index (χ4v) is 1.66. The number of nitrogens with one attached hydrogen (secondary N) is 2. The van der Waals surface area contributed by atoms with Crippen molar-refractivity contribution in [2.45, 2.75) is 39.3 Å². The number of halogens is 2. The van der Waals surface area contributed by atoms with Crippen LogP contribution in [0.25, 0.3) is 0 Å². The van der Waals surface area contributed by atoms with Gasteiger partial charge in [0.05, 0.1) is 5.56 Å². The molecule has 0 bridgehead atoms. The Bertz CT molecular complexity index is 596. The van der Waals surface area contributed by atoms with Gasteiger partial charge in [0.25, 0.3) is 0 Å². The minimum absolute atomic E-state index is 0.0377. The number of carbonyl (C=O) groups is 1. The summed E-state index contributed by atoms with van der Waals surface area (Å²) in [5.74, 6) is -0.771. The van der Waals surface area contributed by atoms with Crippen LogP contribution in [-0.4, -0.2) is 29.3 Å². The van der Waals surface area contributed by atoms with Crippen LogP contribution in [0.15, 0.2) is 6.07 Å². The number of carbonyl (C=O) groups excluding carboxylic acids is 1. The van der Waals surface area contributed by atoms with Crippen molar-refractivity contribution in [1.82, 2.24) is 10.3 Å². The lowest BCUT2D eigenvalue weighted by Gasteiger charge is -2.21. The SMILES string of the molecule is C[C@H](CNC(=O)OC(C)(C)C)Nc1nc(Cl)c(C#N)cc1F. The molecule has 0 aromatic carbocycles. The fourth-order valence-electron chi connectivity index (χ4n) is 1.48. The van der Waals surface area contributed by atoms with E-state index in [9.17, 15) is 9.18 Å². The number of aromatic nitrogens is 1. The number of nitriles is 1. The highest BCUT2D eigenvalue weighted by Gasteiger charge is 2.17. The van der Waals surface area contributed by atoms with E-state index in [4.69, 9.17) is 21.6 Å². The number of ether oxygens (including phenoxy) is 1. The maximum atomic E-state index is 13.8. The number of anilines is 1. The van der Waals surface area contributed by atoms with Crippen LogP contribution < -0.4 is 10.6 Å². The second-order valence-corrected chi connectivity index (χ2v) is 6.06. The molecule has 0 saturated carbocycles. The molecule has 1 amide bonds. The Hall–Kier alpha value is -2.07. The summed E-state index contributed by atoms with van der Waals surface area (Å²) in [7, 11) is 0. The number of alkyl carbamates (subject to hydrolysis) is 1. The molecule has 1 rings (SSSR count). The number of hydrogen-bond donors (Lipinski definition) is 2. The molecule has 0 saturated heterocycles. The second-order valence-electron chi connectivity index (χ2n) is 5.70. The van der Waals surface area contributed by atoms with E-state index in [1.54, 1.807) is 33.8 Å². The molecule has 0 aliphatic carbocycles. The molecule has 0 spiro atoms. The van der Waals surface area contributed by atoms with E-state index in [1.807, 2.05) is 0 Å². The molecule has 2 N–H and O–H groups in total. The number of nitrogens with zero attached hydrogens (tertiary/aromatic N) is 2. The third-order valence-electron chi connectivity index (χ3n) is 2.38. The molecule has 1 aromatic rings. The molecule has 8 heteroatoms. The summed E-state index contributed by atoms with van der Waals surface area (Å²) < 4.78 is 18.8. The number of amides is 1. The molecule has 22 heavy (non-hydrogen) atoms. The highest BCUT2D eigenvalue weighted by molar-refractivity contribution is 6.30. The lowest BCUT2D eigenvalue weighted by Crippen LogP contribution is -2.38. The Kier molecular flexibility index (Phi) is 5.94. The molecule has 0 unspecified atom stereocenters. The third kappa shape index (κ3) is 5.74. The van der Waals surface area contributed by atoms with E-state index in [2.05, 4.69) is 15.6 Å². The van der Waals surface area contributed by atoms with Crippen LogP contribution in [0, 0.1) is 17.1 Å². The van der Waals surface area contributed by atoms with Crippen molar-refractivity contribution in [1.29, 1.82) is 5.26 Å². The molecule has 1 heterocycles. The summed E-state index contributed by atoms with van der Waals surface area (Å²) in [5.41, 5.74) is -0.626. The predicted molar refractivity (Wildman–Crippen MR) is 81.2 cm³/mol. The smallest absolute Gasteiger partial charge is 0.407 e. The quantitative estimate of drug-likeness (QED) is 0.829. The minimum atomic E-state index is -0.690. The van der Waals surface area contributed by atoms with Gasteiger partial charge in [-0.25, -0.2) is 14.2 Å². The molecular formula is C14H18ClFN4O2. The predicted octanol–water partition coefficient (Wildman–Crippen LogP) is 3.07. The molecule has 1 atom stereocenters. The summed E-state index contributed by atoms with van der Waals surface area (Å²) >= 11 is 5.76. The number of pyridine rings is 1. The highest BCUT2D eigenvalue weighted by Crippen LogP contribution is 2.20. The monoisotopic (exact) mass is 328 g/mol. The van der Waals surface area contributed by atoms with Crippen LogP contribution in [0.2, 0.25) is 5.15 Å². The Morgan fingerprint density at radius 3 is 2.77 bits per heavy atom. The summed E-state index contributed by atoms with van der Waals surface area (Å²) in [6.07, 6.45) is -0.563. The van der Waals surface area contributed by atoms with E-state index in [0.717, 1.165) is 6.07 Å². The van der Waals surface area contributed by atoms with Gasteiger partial charge in [-0.15, -0.1) is 0 Å². The van der Waals surface area contributed by atoms with Gasteiger partial charge in [-0.1, -0.05) is 11.6 Å². The molecule has 120 valence electrons. The Morgan fingerprint density at radius 1 is 1.59 bits per heavy atom. The van der Waals surface area contributed by atoms with Crippen LogP contribution in [0.5, 0.6) is 0 Å². The van der Waals surface area contributed by atoms with Gasteiger partial charge in [-0.05, 0) is 33.8 Å². The van der Waals surface area contributed by atoms with Crippen molar-refractivity contribution in [2.24, 2.45) is 0 Å². The van der Waals surface area contributed by atoms with E-state index in [-0.39, 0.29) is 29.1 Å². The first-order valence-corrected chi connectivity index (χ1v) is 6.99. The maximum absolute atomic E-state index is 13.8. The van der Waals surface area contributed by atoms with Gasteiger partial charge in [-0.3, -0.25) is 0 Å². The van der Waals surface area contributed by atoms with Gasteiger partial charge >= 0.3 is 6.09 Å². The van der Waals surface area contributed by atoms with Crippen molar-refractivity contribution in [3.8, 4) is 6.07 Å². The van der Waals surface area contributed by atoms with Crippen LogP contribution in [0.3, 0.4) is 0 Å². The minimum Gasteiger partial charge on any atom is -0.444 e. The maximum Gasteiger partial charge on any atom is 0.407 e. The van der Waals surface area contributed by atoms with Crippen molar-refractivity contribution in [3.05, 3.63) is 22.6 Å². The Labute approximate surface area is 133 Å². The third-order valence-corrected chi connectivity index (χ3v) is 2.67. The number of hydrogen-bond acceptors (Lipinski definition) is 5. The van der Waals surface area contributed by atoms with Crippen LogP contribution in [0.1, 0.15) is 33.3 Å². The largest absolute Gasteiger partial charge is 0.444 e. The summed E-state index contributed by atoms with van der Waals surface area (Å²) in [6.45, 7) is 7.20. The topological polar surface area (TPSA) is 87.0 Å². The normalized spacial score (nSPS) is 12.2. The van der Waals surface area contributed by atoms with Gasteiger partial charge in [0.2, 0.25) is 0 Å². The molecule has 0 radical (unpaired) electrons. The summed E-state index contributed by atoms with van der Waals surface area (Å²) in [6, 6.07) is 2.43. The van der Waals surface area contributed by atoms with Gasteiger partial charge in [0, 0.05) is 12.6 Å². The number of rotatable bonds is 4. The molecular weight excluding hydrogens is 311 g/mol. The standard InChI is InChI=1S/C14H18ClFN4O2/c1-8(7-18-13(21)22-14(2,3)4)19-12-10(16)5-9(6-17)11(15)20-12/h5,8H,7H2,1-4H3,(H,18,21)(H,19,20)/t8-/m1/s1. The van der Waals surface area contributed by atoms with E-state index in [0.29, 0.717) is 0 Å². The first-order valence-electron chi connectivity index (χ1n) is 6.62. The van der Waals surface area contributed by atoms with Crippen LogP contribution in [-0.2, 0) is 4.74 Å². The molecule has 1 aromatic heterocycles. The van der Waals surface area contributed by atoms with Crippen molar-refractivity contribution in [3.63, 3.8) is 0 Å². The Balaban J connectivity index is 2.59. The van der Waals surface area contributed by atoms with Gasteiger partial charge < -0.3 is 15.4 Å². The highest BCUT2D eigenvalue weighted by atomic mass is 35.5. The van der Waals surface area contributed by atoms with Crippen LogP contribution in [0.4, 0.5) is 15.0 Å². The van der Waals surface area contributed by atoms with E-state index < -0.39 is 17.5 Å². The average Bonchev–Trinajstić information content (AvgIpc) is 2.38. The van der Waals surface area contributed by atoms with Gasteiger partial charge in [0.1, 0.15) is 16.8 Å². The van der Waals surface area contributed by atoms with Crippen molar-refractivity contribution < 1.29 is 13.9 Å². The zero-order chi connectivity index (χ0) is 16.9.